The molecule has 2 N–H and O–H groups in total. The number of carboxylic acid groups (broad SMARTS) is 1. The first-order valence-electron chi connectivity index (χ1n) is 7.07. The molecule has 1 atom stereocenters. The maximum atomic E-state index is 13.4. The minimum absolute atomic E-state index is 0.365. The van der Waals surface area contributed by atoms with E-state index < -0.39 is 42.8 Å². The molecule has 0 radical (unpaired) electrons. The van der Waals surface area contributed by atoms with Crippen LogP contribution in [0.4, 0.5) is 18.0 Å². The fraction of sp³-hybridized carbons (Fsp3) is 0.400. The zero-order chi connectivity index (χ0) is 19.1. The molecule has 1 unspecified atom stereocenters. The van der Waals surface area contributed by atoms with Crippen molar-refractivity contribution in [1.29, 1.82) is 0 Å². The van der Waals surface area contributed by atoms with Gasteiger partial charge in [-0.15, -0.1) is 0 Å². The fourth-order valence-corrected chi connectivity index (χ4v) is 1.87. The highest BCUT2D eigenvalue weighted by atomic mass is 19.4. The van der Waals surface area contributed by atoms with Crippen LogP contribution >= 0.6 is 0 Å². The molecular formula is C15H16F3NO6. The third-order valence-corrected chi connectivity index (χ3v) is 3.05. The Morgan fingerprint density at radius 2 is 1.72 bits per heavy atom. The summed E-state index contributed by atoms with van der Waals surface area (Å²) in [7, 11) is 0. The van der Waals surface area contributed by atoms with E-state index >= 15 is 0 Å². The molecule has 0 aliphatic rings. The summed E-state index contributed by atoms with van der Waals surface area (Å²) in [5, 5.41) is 10.1. The molecule has 1 aromatic rings. The molecule has 0 fully saturated rings. The van der Waals surface area contributed by atoms with Crippen LogP contribution in [0.3, 0.4) is 0 Å². The van der Waals surface area contributed by atoms with Gasteiger partial charge in [0.1, 0.15) is 6.61 Å². The normalized spacial score (nSPS) is 13.4. The van der Waals surface area contributed by atoms with Gasteiger partial charge in [-0.1, -0.05) is 30.3 Å². The summed E-state index contributed by atoms with van der Waals surface area (Å²) in [5.74, 6) is -3.88. The smallest absolute Gasteiger partial charge is 0.423 e. The molecule has 0 spiro atoms. The first-order valence-corrected chi connectivity index (χ1v) is 7.07. The van der Waals surface area contributed by atoms with Crippen molar-refractivity contribution in [2.45, 2.75) is 31.7 Å². The lowest BCUT2D eigenvalue weighted by Gasteiger charge is -2.32. The standard InChI is InChI=1S/C15H16F3NO6/c1-2-24-12(22)14(8-11(20)21,15(16,17)18)19-13(23)25-9-10-6-4-3-5-7-10/h3-7H,2,8-9H2,1H3,(H,19,23)(H,20,21). The van der Waals surface area contributed by atoms with Gasteiger partial charge in [0.15, 0.2) is 0 Å². The molecule has 0 aromatic heterocycles. The topological polar surface area (TPSA) is 102 Å². The quantitative estimate of drug-likeness (QED) is 0.721. The van der Waals surface area contributed by atoms with Crippen molar-refractivity contribution in [3.63, 3.8) is 0 Å². The molecule has 0 aliphatic heterocycles. The lowest BCUT2D eigenvalue weighted by molar-refractivity contribution is -0.215. The number of nitrogens with one attached hydrogen (secondary N) is 1. The zero-order valence-corrected chi connectivity index (χ0v) is 13.1. The number of amides is 1. The van der Waals surface area contributed by atoms with Gasteiger partial charge in [-0.3, -0.25) is 10.1 Å². The summed E-state index contributed by atoms with van der Waals surface area (Å²) in [4.78, 5) is 34.3. The zero-order valence-electron chi connectivity index (χ0n) is 13.1. The average Bonchev–Trinajstić information content (AvgIpc) is 2.52. The lowest BCUT2D eigenvalue weighted by Crippen LogP contribution is -2.65. The van der Waals surface area contributed by atoms with Gasteiger partial charge in [0, 0.05) is 0 Å². The SMILES string of the molecule is CCOC(=O)C(CC(=O)O)(NC(=O)OCc1ccccc1)C(F)(F)F. The maximum Gasteiger partial charge on any atom is 0.423 e. The van der Waals surface area contributed by atoms with Crippen LogP contribution in [0.15, 0.2) is 30.3 Å². The Morgan fingerprint density at radius 1 is 1.12 bits per heavy atom. The Labute approximate surface area is 140 Å². The van der Waals surface area contributed by atoms with Crippen LogP contribution in [0.1, 0.15) is 18.9 Å². The molecular weight excluding hydrogens is 347 g/mol. The predicted octanol–water partition coefficient (Wildman–Crippen LogP) is 2.25. The summed E-state index contributed by atoms with van der Waals surface area (Å²) in [6, 6.07) is 8.06. The monoisotopic (exact) mass is 363 g/mol. The van der Waals surface area contributed by atoms with E-state index in [-0.39, 0.29) is 6.61 Å². The Hall–Kier alpha value is -2.78. The molecule has 1 rings (SSSR count). The van der Waals surface area contributed by atoms with E-state index in [1.807, 2.05) is 0 Å². The lowest BCUT2D eigenvalue weighted by atomic mass is 9.94. The number of rotatable bonds is 7. The first kappa shape index (κ1) is 20.3. The molecule has 25 heavy (non-hydrogen) atoms. The van der Waals surface area contributed by atoms with E-state index in [1.165, 1.54) is 12.2 Å². The minimum Gasteiger partial charge on any atom is -0.481 e. The number of carbonyl (C=O) groups excluding carboxylic acids is 2. The molecule has 0 saturated carbocycles. The minimum atomic E-state index is -5.41. The number of carboxylic acids is 1. The summed E-state index contributed by atoms with van der Waals surface area (Å²) in [6.07, 6.45) is -8.75. The van der Waals surface area contributed by atoms with Gasteiger partial charge in [-0.2, -0.15) is 13.2 Å². The number of alkyl halides is 3. The van der Waals surface area contributed by atoms with E-state index in [2.05, 4.69) is 9.47 Å². The number of aliphatic carboxylic acids is 1. The largest absolute Gasteiger partial charge is 0.481 e. The van der Waals surface area contributed by atoms with Crippen LogP contribution in [-0.4, -0.2) is 41.5 Å². The van der Waals surface area contributed by atoms with Crippen LogP contribution in [0.2, 0.25) is 0 Å². The van der Waals surface area contributed by atoms with Crippen molar-refractivity contribution in [2.24, 2.45) is 0 Å². The van der Waals surface area contributed by atoms with Gasteiger partial charge >= 0.3 is 24.2 Å². The molecule has 0 saturated heterocycles. The number of alkyl carbamates (subject to hydrolysis) is 1. The molecule has 0 heterocycles. The van der Waals surface area contributed by atoms with Crippen LogP contribution in [-0.2, 0) is 25.7 Å². The van der Waals surface area contributed by atoms with Crippen molar-refractivity contribution in [1.82, 2.24) is 5.32 Å². The molecule has 0 aliphatic carbocycles. The summed E-state index contributed by atoms with van der Waals surface area (Å²) < 4.78 is 49.1. The second kappa shape index (κ2) is 8.36. The number of benzene rings is 1. The number of halogens is 3. The Morgan fingerprint density at radius 3 is 2.20 bits per heavy atom. The van der Waals surface area contributed by atoms with Gasteiger partial charge in [0.2, 0.25) is 5.54 Å². The van der Waals surface area contributed by atoms with Crippen LogP contribution in [0.25, 0.3) is 0 Å². The third-order valence-electron chi connectivity index (χ3n) is 3.05. The van der Waals surface area contributed by atoms with Crippen molar-refractivity contribution in [3.05, 3.63) is 35.9 Å². The predicted molar refractivity (Wildman–Crippen MR) is 77.4 cm³/mol. The van der Waals surface area contributed by atoms with Gasteiger partial charge in [-0.25, -0.2) is 9.59 Å². The molecule has 10 heteroatoms. The fourth-order valence-electron chi connectivity index (χ4n) is 1.87. The van der Waals surface area contributed by atoms with Gasteiger partial charge in [-0.05, 0) is 12.5 Å². The molecule has 7 nitrogen and oxygen atoms in total. The van der Waals surface area contributed by atoms with Crippen molar-refractivity contribution < 1.29 is 42.1 Å². The van der Waals surface area contributed by atoms with Crippen molar-refractivity contribution >= 4 is 18.0 Å². The number of carbonyl (C=O) groups is 3. The second-order valence-corrected chi connectivity index (χ2v) is 4.88. The Kier molecular flexibility index (Phi) is 6.77. The highest BCUT2D eigenvalue weighted by Crippen LogP contribution is 2.35. The van der Waals surface area contributed by atoms with E-state index in [0.29, 0.717) is 5.56 Å². The Balaban J connectivity index is 2.99. The van der Waals surface area contributed by atoms with Crippen LogP contribution in [0.5, 0.6) is 0 Å². The third kappa shape index (κ3) is 5.37. The molecule has 138 valence electrons. The van der Waals surface area contributed by atoms with Gasteiger partial charge < -0.3 is 14.6 Å². The number of esters is 1. The van der Waals surface area contributed by atoms with Gasteiger partial charge in [0.25, 0.3) is 0 Å². The van der Waals surface area contributed by atoms with Crippen molar-refractivity contribution in [3.8, 4) is 0 Å². The summed E-state index contributed by atoms with van der Waals surface area (Å²) in [6.45, 7) is 0.445. The number of ether oxygens (including phenoxy) is 2. The molecule has 1 amide bonds. The highest BCUT2D eigenvalue weighted by Gasteiger charge is 2.64. The average molecular weight is 363 g/mol. The van der Waals surface area contributed by atoms with Crippen LogP contribution in [0, 0.1) is 0 Å². The maximum absolute atomic E-state index is 13.4. The highest BCUT2D eigenvalue weighted by molar-refractivity contribution is 5.91. The number of hydrogen-bond acceptors (Lipinski definition) is 5. The van der Waals surface area contributed by atoms with Crippen LogP contribution < -0.4 is 5.32 Å². The van der Waals surface area contributed by atoms with Crippen molar-refractivity contribution in [2.75, 3.05) is 6.61 Å². The van der Waals surface area contributed by atoms with E-state index in [1.54, 1.807) is 30.3 Å². The van der Waals surface area contributed by atoms with E-state index in [0.717, 1.165) is 0 Å². The van der Waals surface area contributed by atoms with E-state index in [9.17, 15) is 27.6 Å². The summed E-state index contributed by atoms with van der Waals surface area (Å²) in [5.41, 5.74) is -3.26. The summed E-state index contributed by atoms with van der Waals surface area (Å²) >= 11 is 0. The Bertz CT molecular complexity index is 619. The van der Waals surface area contributed by atoms with Gasteiger partial charge in [0.05, 0.1) is 13.0 Å². The van der Waals surface area contributed by atoms with E-state index in [4.69, 9.17) is 5.11 Å². The first-order chi connectivity index (χ1) is 11.6. The molecule has 1 aromatic carbocycles. The molecule has 0 bridgehead atoms. The second-order valence-electron chi connectivity index (χ2n) is 4.88. The number of hydrogen-bond donors (Lipinski definition) is 2.